The van der Waals surface area contributed by atoms with Crippen LogP contribution in [-0.4, -0.2) is 23.8 Å². The second-order valence-electron chi connectivity index (χ2n) is 5.04. The van der Waals surface area contributed by atoms with Gasteiger partial charge in [0, 0.05) is 25.3 Å². The lowest BCUT2D eigenvalue weighted by Crippen LogP contribution is -2.31. The summed E-state index contributed by atoms with van der Waals surface area (Å²) < 4.78 is 51.2. The minimum absolute atomic E-state index is 0.0559. The fourth-order valence-corrected chi connectivity index (χ4v) is 2.63. The SMILES string of the molecule is COCc1noc(CN2CCCc3c(F)c(F)cc(F)c32)n1. The Morgan fingerprint density at radius 1 is 1.32 bits per heavy atom. The van der Waals surface area contributed by atoms with E-state index in [1.54, 1.807) is 4.90 Å². The van der Waals surface area contributed by atoms with Gasteiger partial charge in [-0.3, -0.25) is 0 Å². The van der Waals surface area contributed by atoms with Gasteiger partial charge in [-0.25, -0.2) is 13.2 Å². The standard InChI is InChI=1S/C14H14F3N3O2/c1-21-7-11-18-12(22-19-11)6-20-4-2-3-8-13(17)9(15)5-10(16)14(8)20/h5H,2-4,6-7H2,1H3. The third kappa shape index (κ3) is 2.66. The summed E-state index contributed by atoms with van der Waals surface area (Å²) in [4.78, 5) is 5.69. The topological polar surface area (TPSA) is 51.4 Å². The Kier molecular flexibility index (Phi) is 4.02. The van der Waals surface area contributed by atoms with E-state index in [0.29, 0.717) is 31.3 Å². The summed E-state index contributed by atoms with van der Waals surface area (Å²) in [5, 5.41) is 3.72. The molecule has 0 fully saturated rings. The largest absolute Gasteiger partial charge is 0.377 e. The second-order valence-corrected chi connectivity index (χ2v) is 5.04. The lowest BCUT2D eigenvalue weighted by atomic mass is 10.0. The van der Waals surface area contributed by atoms with Crippen LogP contribution in [0.3, 0.4) is 0 Å². The molecule has 8 heteroatoms. The highest BCUT2D eigenvalue weighted by atomic mass is 19.2. The predicted molar refractivity (Wildman–Crippen MR) is 70.7 cm³/mol. The highest BCUT2D eigenvalue weighted by Crippen LogP contribution is 2.34. The molecule has 2 heterocycles. The molecule has 0 N–H and O–H groups in total. The minimum atomic E-state index is -1.17. The van der Waals surface area contributed by atoms with Crippen molar-refractivity contribution in [2.75, 3.05) is 18.6 Å². The molecule has 118 valence electrons. The van der Waals surface area contributed by atoms with E-state index in [4.69, 9.17) is 9.26 Å². The van der Waals surface area contributed by atoms with Crippen LogP contribution in [0.5, 0.6) is 0 Å². The van der Waals surface area contributed by atoms with Gasteiger partial charge in [0.1, 0.15) is 12.4 Å². The van der Waals surface area contributed by atoms with E-state index in [-0.39, 0.29) is 30.3 Å². The average molecular weight is 313 g/mol. The van der Waals surface area contributed by atoms with Crippen LogP contribution in [0, 0.1) is 17.5 Å². The zero-order chi connectivity index (χ0) is 15.7. The first-order chi connectivity index (χ1) is 10.6. The fourth-order valence-electron chi connectivity index (χ4n) is 2.63. The number of aromatic nitrogens is 2. The molecule has 3 rings (SSSR count). The second kappa shape index (κ2) is 5.96. The summed E-state index contributed by atoms with van der Waals surface area (Å²) in [6.45, 7) is 0.830. The average Bonchev–Trinajstić information content (AvgIpc) is 2.92. The number of nitrogens with zero attached hydrogens (tertiary/aromatic N) is 3. The Hall–Kier alpha value is -2.09. The number of rotatable bonds is 4. The fraction of sp³-hybridized carbons (Fsp3) is 0.429. The number of anilines is 1. The number of methoxy groups -OCH3 is 1. The molecule has 0 saturated heterocycles. The van der Waals surface area contributed by atoms with Gasteiger partial charge in [0.2, 0.25) is 5.89 Å². The Morgan fingerprint density at radius 2 is 2.14 bits per heavy atom. The van der Waals surface area contributed by atoms with Crippen molar-refractivity contribution in [3.8, 4) is 0 Å². The maximum atomic E-state index is 14.1. The van der Waals surface area contributed by atoms with E-state index < -0.39 is 17.5 Å². The zero-order valence-corrected chi connectivity index (χ0v) is 11.9. The van der Waals surface area contributed by atoms with Gasteiger partial charge in [-0.05, 0) is 12.8 Å². The minimum Gasteiger partial charge on any atom is -0.377 e. The van der Waals surface area contributed by atoms with Crippen LogP contribution >= 0.6 is 0 Å². The van der Waals surface area contributed by atoms with Crippen LogP contribution in [0.4, 0.5) is 18.9 Å². The maximum absolute atomic E-state index is 14.1. The van der Waals surface area contributed by atoms with E-state index >= 15 is 0 Å². The van der Waals surface area contributed by atoms with Crippen molar-refractivity contribution in [1.29, 1.82) is 0 Å². The van der Waals surface area contributed by atoms with Gasteiger partial charge in [-0.2, -0.15) is 4.98 Å². The molecule has 1 aliphatic heterocycles. The van der Waals surface area contributed by atoms with E-state index in [1.165, 1.54) is 7.11 Å². The zero-order valence-electron chi connectivity index (χ0n) is 11.9. The van der Waals surface area contributed by atoms with Gasteiger partial charge >= 0.3 is 0 Å². The summed E-state index contributed by atoms with van der Waals surface area (Å²) >= 11 is 0. The molecule has 0 atom stereocenters. The Labute approximate surface area is 124 Å². The van der Waals surface area contributed by atoms with Gasteiger partial charge in [-0.1, -0.05) is 5.16 Å². The van der Waals surface area contributed by atoms with Crippen molar-refractivity contribution in [2.45, 2.75) is 26.0 Å². The quantitative estimate of drug-likeness (QED) is 0.812. The smallest absolute Gasteiger partial charge is 0.246 e. The highest BCUT2D eigenvalue weighted by molar-refractivity contribution is 5.57. The summed E-state index contributed by atoms with van der Waals surface area (Å²) in [6.07, 6.45) is 0.886. The molecule has 0 radical (unpaired) electrons. The molecule has 0 unspecified atom stereocenters. The van der Waals surface area contributed by atoms with Crippen molar-refractivity contribution in [2.24, 2.45) is 0 Å². The van der Waals surface area contributed by atoms with Crippen LogP contribution in [0.15, 0.2) is 10.6 Å². The number of halogens is 3. The first-order valence-electron chi connectivity index (χ1n) is 6.82. The Balaban J connectivity index is 1.89. The first kappa shape index (κ1) is 14.8. The number of hydrogen-bond donors (Lipinski definition) is 0. The lowest BCUT2D eigenvalue weighted by Gasteiger charge is -2.30. The molecule has 0 bridgehead atoms. The molecule has 0 saturated carbocycles. The first-order valence-corrected chi connectivity index (χ1v) is 6.82. The van der Waals surface area contributed by atoms with Crippen molar-refractivity contribution < 1.29 is 22.4 Å². The van der Waals surface area contributed by atoms with E-state index in [1.807, 2.05) is 0 Å². The molecule has 2 aromatic rings. The summed E-state index contributed by atoms with van der Waals surface area (Å²) in [6, 6.07) is 0.566. The van der Waals surface area contributed by atoms with Crippen molar-refractivity contribution >= 4 is 5.69 Å². The van der Waals surface area contributed by atoms with Crippen molar-refractivity contribution in [3.05, 3.63) is 40.8 Å². The molecule has 5 nitrogen and oxygen atoms in total. The van der Waals surface area contributed by atoms with Gasteiger partial charge < -0.3 is 14.2 Å². The summed E-state index contributed by atoms with van der Waals surface area (Å²) in [7, 11) is 1.50. The molecule has 1 aromatic carbocycles. The van der Waals surface area contributed by atoms with E-state index in [2.05, 4.69) is 10.1 Å². The third-order valence-corrected chi connectivity index (χ3v) is 3.52. The summed E-state index contributed by atoms with van der Waals surface area (Å²) in [5.74, 6) is -2.31. The maximum Gasteiger partial charge on any atom is 0.246 e. The molecule has 22 heavy (non-hydrogen) atoms. The van der Waals surface area contributed by atoms with Crippen LogP contribution in [-0.2, 0) is 24.3 Å². The van der Waals surface area contributed by atoms with Gasteiger partial charge in [-0.15, -0.1) is 0 Å². The van der Waals surface area contributed by atoms with Crippen LogP contribution in [0.1, 0.15) is 23.7 Å². The summed E-state index contributed by atoms with van der Waals surface area (Å²) in [5.41, 5.74) is 0.122. The van der Waals surface area contributed by atoms with Gasteiger partial charge in [0.15, 0.2) is 17.5 Å². The van der Waals surface area contributed by atoms with Gasteiger partial charge in [0.05, 0.1) is 12.2 Å². The lowest BCUT2D eigenvalue weighted by molar-refractivity contribution is 0.174. The number of ether oxygens (including phenoxy) is 1. The number of fused-ring (bicyclic) bond motifs is 1. The molecule has 1 aromatic heterocycles. The van der Waals surface area contributed by atoms with Crippen LogP contribution in [0.2, 0.25) is 0 Å². The molecular formula is C14H14F3N3O2. The monoisotopic (exact) mass is 313 g/mol. The number of benzene rings is 1. The molecule has 0 amide bonds. The predicted octanol–water partition coefficient (Wildman–Crippen LogP) is 2.59. The van der Waals surface area contributed by atoms with Crippen LogP contribution < -0.4 is 4.90 Å². The van der Waals surface area contributed by atoms with E-state index in [0.717, 1.165) is 0 Å². The van der Waals surface area contributed by atoms with Crippen molar-refractivity contribution in [3.63, 3.8) is 0 Å². The van der Waals surface area contributed by atoms with Gasteiger partial charge in [0.25, 0.3) is 0 Å². The third-order valence-electron chi connectivity index (χ3n) is 3.52. The Morgan fingerprint density at radius 3 is 2.91 bits per heavy atom. The molecular weight excluding hydrogens is 299 g/mol. The highest BCUT2D eigenvalue weighted by Gasteiger charge is 2.27. The van der Waals surface area contributed by atoms with E-state index in [9.17, 15) is 13.2 Å². The molecule has 0 spiro atoms. The molecule has 1 aliphatic rings. The Bertz CT molecular complexity index is 690. The molecule has 0 aliphatic carbocycles. The normalized spacial score (nSPS) is 14.3. The van der Waals surface area contributed by atoms with Crippen LogP contribution in [0.25, 0.3) is 0 Å². The van der Waals surface area contributed by atoms with Crippen molar-refractivity contribution in [1.82, 2.24) is 10.1 Å². The number of hydrogen-bond acceptors (Lipinski definition) is 5.